The molecule has 2 rings (SSSR count). The quantitative estimate of drug-likeness (QED) is 0.298. The van der Waals surface area contributed by atoms with Gasteiger partial charge in [0.2, 0.25) is 0 Å². The molecule has 0 fully saturated rings. The molecule has 1 N–H and O–H groups in total. The van der Waals surface area contributed by atoms with Crippen LogP contribution >= 0.6 is 23.2 Å². The highest BCUT2D eigenvalue weighted by Crippen LogP contribution is 2.44. The molecule has 2 aromatic rings. The molecule has 3 amide bonds. The summed E-state index contributed by atoms with van der Waals surface area (Å²) in [4.78, 5) is 33.4. The maximum Gasteiger partial charge on any atom is 0.463 e. The smallest absolute Gasteiger partial charge is 0.319 e. The first kappa shape index (κ1) is 36.8. The number of amides is 3. The van der Waals surface area contributed by atoms with Crippen LogP contribution in [0.15, 0.2) is 36.4 Å². The van der Waals surface area contributed by atoms with E-state index in [4.69, 9.17) is 23.2 Å². The van der Waals surface area contributed by atoms with Crippen molar-refractivity contribution in [3.05, 3.63) is 57.6 Å². The fourth-order valence-electron chi connectivity index (χ4n) is 3.01. The number of hydrogen-bond donors (Lipinski definition) is 1. The average molecular weight is 705 g/mol. The molecule has 0 bridgehead atoms. The summed E-state index contributed by atoms with van der Waals surface area (Å²) < 4.78 is 195. The molecule has 0 saturated heterocycles. The van der Waals surface area contributed by atoms with E-state index < -0.39 is 86.8 Å². The lowest BCUT2D eigenvalue weighted by Gasteiger charge is -2.30. The molecular weight excluding hydrogens is 696 g/mol. The molecule has 0 aliphatic carbocycles. The van der Waals surface area contributed by atoms with E-state index in [9.17, 15) is 80.2 Å². The molecule has 2 aromatic carbocycles. The van der Waals surface area contributed by atoms with Crippen LogP contribution in [0.1, 0.15) is 11.1 Å². The van der Waals surface area contributed by atoms with Gasteiger partial charge in [0.15, 0.2) is 0 Å². The number of anilines is 2. The average Bonchev–Trinajstić information content (AvgIpc) is 2.84. The van der Waals surface area contributed by atoms with Crippen molar-refractivity contribution in [2.75, 3.05) is 10.2 Å². The van der Waals surface area contributed by atoms with Gasteiger partial charge in [-0.05, 0) is 41.8 Å². The summed E-state index contributed by atoms with van der Waals surface area (Å²) in [6.45, 7) is 0. The van der Waals surface area contributed by atoms with Crippen LogP contribution in [0.4, 0.5) is 77.2 Å². The maximum absolute atomic E-state index is 13.7. The molecule has 0 aliphatic rings. The Morgan fingerprint density at radius 2 is 0.977 bits per heavy atom. The van der Waals surface area contributed by atoms with Gasteiger partial charge in [0, 0.05) is 0 Å². The zero-order chi connectivity index (χ0) is 34.4. The van der Waals surface area contributed by atoms with Crippen LogP contribution in [-0.4, -0.2) is 54.0 Å². The van der Waals surface area contributed by atoms with E-state index in [1.807, 2.05) is 0 Å². The Bertz CT molecular complexity index is 1420. The number of hydrogen-bond acceptors (Lipinski definition) is 3. The molecule has 44 heavy (non-hydrogen) atoms. The second-order valence-corrected chi connectivity index (χ2v) is 9.21. The van der Waals surface area contributed by atoms with Crippen LogP contribution in [0.3, 0.4) is 0 Å². The number of imide groups is 1. The highest BCUT2D eigenvalue weighted by Gasteiger charge is 2.70. The molecule has 0 atom stereocenters. The van der Waals surface area contributed by atoms with Crippen molar-refractivity contribution in [3.8, 4) is 0 Å². The molecular formula is C22H9Cl2F15N2O3. The van der Waals surface area contributed by atoms with Gasteiger partial charge >= 0.3 is 54.0 Å². The summed E-state index contributed by atoms with van der Waals surface area (Å²) in [6, 6.07) is 3.84. The standard InChI is InChI=1S/C22H9Cl2F15N2O3/c23-10-6-8(1-3-12(10)40-14(42)17(25,26)20(31,32)33)5-9-2-4-13(11(24)7-9)41(15(43)18(27,28)21(34,35)36)16(44)19(29,30)22(37,38)39/h1-4,6-7H,5H2,(H,40,42). The molecule has 0 unspecified atom stereocenters. The monoisotopic (exact) mass is 704 g/mol. The van der Waals surface area contributed by atoms with E-state index in [-0.39, 0.29) is 17.2 Å². The molecule has 244 valence electrons. The fourth-order valence-corrected chi connectivity index (χ4v) is 3.55. The van der Waals surface area contributed by atoms with E-state index >= 15 is 0 Å². The van der Waals surface area contributed by atoms with Crippen LogP contribution in [0.5, 0.6) is 0 Å². The second kappa shape index (κ2) is 11.8. The summed E-state index contributed by atoms with van der Waals surface area (Å²) in [5, 5.41) is -0.680. The van der Waals surface area contributed by atoms with Crippen LogP contribution in [0.2, 0.25) is 10.0 Å². The van der Waals surface area contributed by atoms with Crippen molar-refractivity contribution in [2.24, 2.45) is 0 Å². The van der Waals surface area contributed by atoms with Gasteiger partial charge in [0.1, 0.15) is 0 Å². The van der Waals surface area contributed by atoms with Crippen molar-refractivity contribution < 1.29 is 80.2 Å². The van der Waals surface area contributed by atoms with E-state index in [1.165, 1.54) is 5.32 Å². The topological polar surface area (TPSA) is 66.5 Å². The summed E-state index contributed by atoms with van der Waals surface area (Å²) in [5.41, 5.74) is -2.71. The van der Waals surface area contributed by atoms with Crippen molar-refractivity contribution in [1.29, 1.82) is 0 Å². The van der Waals surface area contributed by atoms with Crippen LogP contribution in [0.25, 0.3) is 0 Å². The Morgan fingerprint density at radius 3 is 1.34 bits per heavy atom. The molecule has 0 radical (unpaired) electrons. The molecule has 0 spiro atoms. The highest BCUT2D eigenvalue weighted by atomic mass is 35.5. The zero-order valence-electron chi connectivity index (χ0n) is 20.3. The van der Waals surface area contributed by atoms with Gasteiger partial charge in [-0.3, -0.25) is 14.4 Å². The lowest BCUT2D eigenvalue weighted by atomic mass is 10.0. The van der Waals surface area contributed by atoms with Crippen LogP contribution < -0.4 is 10.2 Å². The molecule has 0 saturated carbocycles. The molecule has 0 aliphatic heterocycles. The summed E-state index contributed by atoms with van der Waals surface area (Å²) in [5.74, 6) is -29.7. The van der Waals surface area contributed by atoms with Gasteiger partial charge in [-0.25, -0.2) is 4.90 Å². The number of rotatable bonds is 7. The second-order valence-electron chi connectivity index (χ2n) is 8.39. The first-order chi connectivity index (χ1) is 19.6. The third-order valence-electron chi connectivity index (χ3n) is 5.24. The largest absolute Gasteiger partial charge is 0.463 e. The van der Waals surface area contributed by atoms with E-state index in [1.54, 1.807) is 0 Å². The normalized spacial score (nSPS) is 13.5. The Labute approximate surface area is 243 Å². The van der Waals surface area contributed by atoms with Crippen molar-refractivity contribution in [1.82, 2.24) is 0 Å². The van der Waals surface area contributed by atoms with Gasteiger partial charge in [0.05, 0.1) is 21.4 Å². The Morgan fingerprint density at radius 1 is 0.591 bits per heavy atom. The summed E-state index contributed by atoms with van der Waals surface area (Å²) in [6.07, 6.45) is -20.5. The van der Waals surface area contributed by atoms with Crippen LogP contribution in [0, 0.1) is 0 Å². The van der Waals surface area contributed by atoms with E-state index in [0.717, 1.165) is 18.2 Å². The van der Waals surface area contributed by atoms with Crippen molar-refractivity contribution in [3.63, 3.8) is 0 Å². The van der Waals surface area contributed by atoms with Gasteiger partial charge in [-0.2, -0.15) is 65.9 Å². The third kappa shape index (κ3) is 7.10. The van der Waals surface area contributed by atoms with Gasteiger partial charge in [-0.1, -0.05) is 35.3 Å². The first-order valence-electron chi connectivity index (χ1n) is 10.7. The number of alkyl halides is 15. The lowest BCUT2D eigenvalue weighted by molar-refractivity contribution is -0.273. The lowest BCUT2D eigenvalue weighted by Crippen LogP contribution is -2.60. The molecule has 22 heteroatoms. The molecule has 5 nitrogen and oxygen atoms in total. The minimum absolute atomic E-state index is 0.0179. The fraction of sp³-hybridized carbons (Fsp3) is 0.318. The number of nitrogens with one attached hydrogen (secondary N) is 1. The number of halogens is 17. The van der Waals surface area contributed by atoms with Gasteiger partial charge in [0.25, 0.3) is 0 Å². The maximum atomic E-state index is 13.7. The zero-order valence-corrected chi connectivity index (χ0v) is 21.8. The third-order valence-corrected chi connectivity index (χ3v) is 5.86. The SMILES string of the molecule is O=C(Nc1ccc(Cc2ccc(N(C(=O)C(F)(F)C(F)(F)F)C(=O)C(F)(F)C(F)(F)F)c(Cl)c2)cc1Cl)C(F)(F)C(F)(F)F. The van der Waals surface area contributed by atoms with Crippen LogP contribution in [-0.2, 0) is 20.8 Å². The molecule has 0 heterocycles. The number of carbonyl (C=O) groups is 3. The minimum Gasteiger partial charge on any atom is -0.319 e. The molecule has 0 aromatic heterocycles. The van der Waals surface area contributed by atoms with E-state index in [2.05, 4.69) is 0 Å². The summed E-state index contributed by atoms with van der Waals surface area (Å²) in [7, 11) is 0. The predicted molar refractivity (Wildman–Crippen MR) is 120 cm³/mol. The Kier molecular flexibility index (Phi) is 9.88. The van der Waals surface area contributed by atoms with Gasteiger partial charge < -0.3 is 5.32 Å². The number of benzene rings is 2. The highest BCUT2D eigenvalue weighted by molar-refractivity contribution is 6.36. The number of nitrogens with zero attached hydrogens (tertiary/aromatic N) is 1. The predicted octanol–water partition coefficient (Wildman–Crippen LogP) is 7.98. The first-order valence-corrected chi connectivity index (χ1v) is 11.4. The minimum atomic E-state index is -6.86. The van der Waals surface area contributed by atoms with E-state index in [0.29, 0.717) is 12.1 Å². The van der Waals surface area contributed by atoms with Crippen molar-refractivity contribution in [2.45, 2.75) is 42.7 Å². The number of carbonyl (C=O) groups excluding carboxylic acids is 3. The van der Waals surface area contributed by atoms with Gasteiger partial charge in [-0.15, -0.1) is 0 Å². The Hall–Kier alpha value is -3.42. The Balaban J connectivity index is 2.48. The summed E-state index contributed by atoms with van der Waals surface area (Å²) >= 11 is 11.4. The van der Waals surface area contributed by atoms with Crippen molar-refractivity contribution >= 4 is 52.3 Å².